The zero-order valence-corrected chi connectivity index (χ0v) is 18.6. The highest BCUT2D eigenvalue weighted by Gasteiger charge is 2.23. The summed E-state index contributed by atoms with van der Waals surface area (Å²) in [7, 11) is 1.79. The number of hydrogen-bond acceptors (Lipinski definition) is 1. The summed E-state index contributed by atoms with van der Waals surface area (Å²) >= 11 is 0. The van der Waals surface area contributed by atoms with Gasteiger partial charge in [-0.05, 0) is 57.3 Å². The minimum absolute atomic E-state index is 0.765. The summed E-state index contributed by atoms with van der Waals surface area (Å²) in [6.45, 7) is 17.5. The molecule has 0 saturated heterocycles. The molecule has 1 fully saturated rings. The van der Waals surface area contributed by atoms with E-state index in [2.05, 4.69) is 40.3 Å². The Morgan fingerprint density at radius 1 is 1.04 bits per heavy atom. The standard InChI is InChI=1S/C19H34O.C3H8.C2H6/c1-5-6-7-17-9-12-18(13-10-17)19(14-15-20-4)11-8-16(2)3;1-3-2;1-2/h14,17-18H,2,5-13,15H2,1,3-4H3;3H2,1-2H3;1-2H3/b19-14+;;. The maximum Gasteiger partial charge on any atom is 0.0646 e. The molecule has 1 saturated carbocycles. The van der Waals surface area contributed by atoms with Gasteiger partial charge in [-0.25, -0.2) is 0 Å². The van der Waals surface area contributed by atoms with Crippen molar-refractivity contribution in [1.29, 1.82) is 0 Å². The van der Waals surface area contributed by atoms with Crippen LogP contribution in [0, 0.1) is 11.8 Å². The summed E-state index contributed by atoms with van der Waals surface area (Å²) in [5.41, 5.74) is 2.92. The van der Waals surface area contributed by atoms with Crippen molar-refractivity contribution < 1.29 is 4.74 Å². The number of unbranched alkanes of at least 4 members (excludes halogenated alkanes) is 1. The zero-order valence-electron chi connectivity index (χ0n) is 18.6. The van der Waals surface area contributed by atoms with Crippen LogP contribution in [0.15, 0.2) is 23.8 Å². The summed E-state index contributed by atoms with van der Waals surface area (Å²) < 4.78 is 5.25. The van der Waals surface area contributed by atoms with Crippen LogP contribution in [0.5, 0.6) is 0 Å². The molecule has 0 N–H and O–H groups in total. The van der Waals surface area contributed by atoms with Gasteiger partial charge in [0, 0.05) is 7.11 Å². The number of ether oxygens (including phenoxy) is 1. The SMILES string of the molecule is C=C(C)CC/C(=C\COC)C1CCC(CCCC)CC1.CC.CCC. The molecule has 0 amide bonds. The second kappa shape index (κ2) is 19.8. The summed E-state index contributed by atoms with van der Waals surface area (Å²) in [4.78, 5) is 0. The van der Waals surface area contributed by atoms with E-state index in [0.29, 0.717) is 0 Å². The van der Waals surface area contributed by atoms with Crippen LogP contribution in [0.4, 0.5) is 0 Å². The first-order valence-corrected chi connectivity index (χ1v) is 10.9. The van der Waals surface area contributed by atoms with E-state index in [0.717, 1.165) is 24.9 Å². The summed E-state index contributed by atoms with van der Waals surface area (Å²) in [5, 5.41) is 0. The molecule has 1 rings (SSSR count). The average Bonchev–Trinajstić information content (AvgIpc) is 2.63. The second-order valence-corrected chi connectivity index (χ2v) is 7.26. The van der Waals surface area contributed by atoms with Gasteiger partial charge in [0.25, 0.3) is 0 Å². The van der Waals surface area contributed by atoms with Crippen LogP contribution in [-0.4, -0.2) is 13.7 Å². The lowest BCUT2D eigenvalue weighted by molar-refractivity contribution is 0.230. The van der Waals surface area contributed by atoms with Gasteiger partial charge in [-0.1, -0.05) is 77.5 Å². The number of hydrogen-bond donors (Lipinski definition) is 0. The molecule has 1 nitrogen and oxygen atoms in total. The average molecular weight is 353 g/mol. The highest BCUT2D eigenvalue weighted by molar-refractivity contribution is 5.10. The second-order valence-electron chi connectivity index (χ2n) is 7.26. The van der Waals surface area contributed by atoms with E-state index < -0.39 is 0 Å². The molecule has 0 aromatic rings. The molecule has 0 bridgehead atoms. The topological polar surface area (TPSA) is 9.23 Å². The Balaban J connectivity index is 0. The summed E-state index contributed by atoms with van der Waals surface area (Å²) in [6.07, 6.45) is 15.7. The predicted molar refractivity (Wildman–Crippen MR) is 116 cm³/mol. The van der Waals surface area contributed by atoms with Crippen LogP contribution in [0.2, 0.25) is 0 Å². The first-order chi connectivity index (χ1) is 12.1. The first kappa shape index (κ1) is 26.7. The minimum Gasteiger partial charge on any atom is -0.381 e. The van der Waals surface area contributed by atoms with Crippen molar-refractivity contribution in [1.82, 2.24) is 0 Å². The molecule has 0 aliphatic heterocycles. The van der Waals surface area contributed by atoms with E-state index in [9.17, 15) is 0 Å². The Morgan fingerprint density at radius 2 is 1.60 bits per heavy atom. The molecule has 0 unspecified atom stereocenters. The first-order valence-electron chi connectivity index (χ1n) is 10.9. The van der Waals surface area contributed by atoms with E-state index in [1.807, 2.05) is 13.8 Å². The molecule has 0 radical (unpaired) electrons. The van der Waals surface area contributed by atoms with Crippen LogP contribution in [0.3, 0.4) is 0 Å². The molecule has 0 heterocycles. The van der Waals surface area contributed by atoms with Crippen LogP contribution in [-0.2, 0) is 4.74 Å². The predicted octanol–water partition coefficient (Wildman–Crippen LogP) is 8.35. The van der Waals surface area contributed by atoms with Gasteiger partial charge in [-0.15, -0.1) is 6.58 Å². The van der Waals surface area contributed by atoms with Gasteiger partial charge < -0.3 is 4.74 Å². The molecule has 150 valence electrons. The van der Waals surface area contributed by atoms with E-state index in [1.165, 1.54) is 63.4 Å². The highest BCUT2D eigenvalue weighted by atomic mass is 16.5. The van der Waals surface area contributed by atoms with Gasteiger partial charge in [0.05, 0.1) is 6.61 Å². The zero-order chi connectivity index (χ0) is 19.5. The molecular weight excluding hydrogens is 304 g/mol. The quantitative estimate of drug-likeness (QED) is 0.379. The van der Waals surface area contributed by atoms with Crippen LogP contribution >= 0.6 is 0 Å². The van der Waals surface area contributed by atoms with Crippen LogP contribution in [0.1, 0.15) is 106 Å². The molecule has 1 aliphatic carbocycles. The Morgan fingerprint density at radius 3 is 2.04 bits per heavy atom. The minimum atomic E-state index is 0.765. The van der Waals surface area contributed by atoms with E-state index in [-0.39, 0.29) is 0 Å². The number of methoxy groups -OCH3 is 1. The fourth-order valence-electron chi connectivity index (χ4n) is 3.34. The van der Waals surface area contributed by atoms with Gasteiger partial charge in [0.15, 0.2) is 0 Å². The molecule has 25 heavy (non-hydrogen) atoms. The third-order valence-corrected chi connectivity index (χ3v) is 4.69. The van der Waals surface area contributed by atoms with Crippen molar-refractivity contribution >= 4 is 0 Å². The molecular formula is C24H48O. The Bertz CT molecular complexity index is 308. The van der Waals surface area contributed by atoms with Crippen molar-refractivity contribution in [2.24, 2.45) is 11.8 Å². The van der Waals surface area contributed by atoms with Crippen molar-refractivity contribution in [2.75, 3.05) is 13.7 Å². The highest BCUT2D eigenvalue weighted by Crippen LogP contribution is 2.37. The molecule has 0 spiro atoms. The van der Waals surface area contributed by atoms with Gasteiger partial charge in [0.2, 0.25) is 0 Å². The van der Waals surface area contributed by atoms with Crippen molar-refractivity contribution in [2.45, 2.75) is 106 Å². The molecule has 0 aromatic heterocycles. The lowest BCUT2D eigenvalue weighted by atomic mass is 9.75. The third-order valence-electron chi connectivity index (χ3n) is 4.69. The number of allylic oxidation sites excluding steroid dienone is 2. The van der Waals surface area contributed by atoms with Gasteiger partial charge in [-0.3, -0.25) is 0 Å². The van der Waals surface area contributed by atoms with Crippen LogP contribution < -0.4 is 0 Å². The van der Waals surface area contributed by atoms with Crippen LogP contribution in [0.25, 0.3) is 0 Å². The van der Waals surface area contributed by atoms with E-state index >= 15 is 0 Å². The smallest absolute Gasteiger partial charge is 0.0646 e. The normalized spacial score (nSPS) is 20.0. The maximum atomic E-state index is 5.25. The third kappa shape index (κ3) is 15.4. The van der Waals surface area contributed by atoms with E-state index in [1.54, 1.807) is 12.7 Å². The Labute approximate surface area is 160 Å². The Hall–Kier alpha value is -0.560. The molecule has 0 atom stereocenters. The number of rotatable bonds is 9. The summed E-state index contributed by atoms with van der Waals surface area (Å²) in [5.74, 6) is 1.80. The van der Waals surface area contributed by atoms with Gasteiger partial charge in [0.1, 0.15) is 0 Å². The molecule has 1 aliphatic rings. The van der Waals surface area contributed by atoms with Crippen molar-refractivity contribution in [3.63, 3.8) is 0 Å². The van der Waals surface area contributed by atoms with Gasteiger partial charge in [-0.2, -0.15) is 0 Å². The Kier molecular flexibility index (Phi) is 21.1. The molecule has 1 heteroatoms. The monoisotopic (exact) mass is 352 g/mol. The van der Waals surface area contributed by atoms with Gasteiger partial charge >= 0.3 is 0 Å². The van der Waals surface area contributed by atoms with Crippen molar-refractivity contribution in [3.05, 3.63) is 23.8 Å². The van der Waals surface area contributed by atoms with E-state index in [4.69, 9.17) is 4.74 Å². The fraction of sp³-hybridized carbons (Fsp3) is 0.833. The maximum absolute atomic E-state index is 5.25. The van der Waals surface area contributed by atoms with Crippen molar-refractivity contribution in [3.8, 4) is 0 Å². The lowest BCUT2D eigenvalue weighted by Crippen LogP contribution is -2.17. The molecule has 0 aromatic carbocycles. The largest absolute Gasteiger partial charge is 0.381 e. The lowest BCUT2D eigenvalue weighted by Gasteiger charge is -2.30. The fourth-order valence-corrected chi connectivity index (χ4v) is 3.34. The summed E-state index contributed by atoms with van der Waals surface area (Å²) in [6, 6.07) is 0.